The summed E-state index contributed by atoms with van der Waals surface area (Å²) in [4.78, 5) is 25.7. The Morgan fingerprint density at radius 2 is 1.95 bits per heavy atom. The van der Waals surface area contributed by atoms with Gasteiger partial charge in [-0.15, -0.1) is 0 Å². The number of anilines is 2. The summed E-state index contributed by atoms with van der Waals surface area (Å²) in [6.07, 6.45) is 0.348. The number of amides is 1. The summed E-state index contributed by atoms with van der Waals surface area (Å²) in [7, 11) is 0. The van der Waals surface area contributed by atoms with E-state index in [1.54, 1.807) is 9.80 Å². The fourth-order valence-electron chi connectivity index (χ4n) is 2.86. The number of aldehydes is 1. The lowest BCUT2D eigenvalue weighted by molar-refractivity contribution is -0.116. The third-order valence-corrected chi connectivity index (χ3v) is 3.50. The number of hydrogen-bond donors (Lipinski definition) is 2. The van der Waals surface area contributed by atoms with Crippen molar-refractivity contribution in [3.8, 4) is 0 Å². The van der Waals surface area contributed by atoms with Crippen LogP contribution in [0.15, 0.2) is 12.1 Å². The number of rotatable bonds is 5. The molecule has 1 amide bonds. The first-order valence-electron chi connectivity index (χ1n) is 7.47. The lowest BCUT2D eigenvalue weighted by Crippen LogP contribution is -2.49. The Balaban J connectivity index is 0.00000116. The van der Waals surface area contributed by atoms with Gasteiger partial charge in [0.1, 0.15) is 12.5 Å². The van der Waals surface area contributed by atoms with Crippen LogP contribution in [0.5, 0.6) is 0 Å². The van der Waals surface area contributed by atoms with Crippen molar-refractivity contribution in [2.75, 3.05) is 29.5 Å². The molecular formula is C16H25N3O3. The minimum absolute atomic E-state index is 0.0114. The Morgan fingerprint density at radius 1 is 1.32 bits per heavy atom. The number of fused-ring (bicyclic) bond motifs is 1. The molecule has 6 heteroatoms. The summed E-state index contributed by atoms with van der Waals surface area (Å²) in [6, 6.07) is 3.96. The van der Waals surface area contributed by atoms with Gasteiger partial charge in [-0.3, -0.25) is 4.79 Å². The number of benzene rings is 1. The van der Waals surface area contributed by atoms with Crippen LogP contribution in [0.1, 0.15) is 25.0 Å². The van der Waals surface area contributed by atoms with Crippen LogP contribution in [-0.4, -0.2) is 43.2 Å². The highest BCUT2D eigenvalue weighted by Gasteiger charge is 2.37. The van der Waals surface area contributed by atoms with Crippen LogP contribution in [0, 0.1) is 13.8 Å². The highest BCUT2D eigenvalue weighted by Crippen LogP contribution is 2.42. The van der Waals surface area contributed by atoms with E-state index in [9.17, 15) is 14.7 Å². The molecule has 6 nitrogen and oxygen atoms in total. The number of nitrogens with zero attached hydrogens (tertiary/aromatic N) is 2. The van der Waals surface area contributed by atoms with E-state index in [2.05, 4.69) is 0 Å². The molecule has 1 atom stereocenters. The number of aliphatic hydroxyl groups excluding tert-OH is 1. The molecule has 22 heavy (non-hydrogen) atoms. The van der Waals surface area contributed by atoms with Gasteiger partial charge >= 0.3 is 0 Å². The average molecular weight is 307 g/mol. The molecule has 1 aliphatic rings. The summed E-state index contributed by atoms with van der Waals surface area (Å²) in [5.74, 6) is -0.470. The van der Waals surface area contributed by atoms with Crippen molar-refractivity contribution < 1.29 is 14.7 Å². The minimum Gasteiger partial charge on any atom is -0.392 e. The van der Waals surface area contributed by atoms with Gasteiger partial charge in [0, 0.05) is 0 Å². The van der Waals surface area contributed by atoms with E-state index in [0.29, 0.717) is 0 Å². The van der Waals surface area contributed by atoms with E-state index in [-0.39, 0.29) is 19.7 Å². The highest BCUT2D eigenvalue weighted by atomic mass is 16.3. The smallest absolute Gasteiger partial charge is 0.237 e. The average Bonchev–Trinajstić information content (AvgIpc) is 2.74. The molecule has 122 valence electrons. The summed E-state index contributed by atoms with van der Waals surface area (Å²) in [5, 5.41) is 9.63. The van der Waals surface area contributed by atoms with Crippen LogP contribution < -0.4 is 15.5 Å². The molecule has 1 heterocycles. The molecule has 1 aromatic carbocycles. The molecule has 0 radical (unpaired) electrons. The van der Waals surface area contributed by atoms with E-state index in [1.807, 2.05) is 39.8 Å². The molecule has 1 aromatic rings. The fourth-order valence-corrected chi connectivity index (χ4v) is 2.86. The SMILES string of the molecule is CC.Cc1cc(C)c2c(c1)N(CC=O)C(CO)N2CC(N)=O. The van der Waals surface area contributed by atoms with E-state index in [4.69, 9.17) is 5.73 Å². The maximum absolute atomic E-state index is 11.3. The summed E-state index contributed by atoms with van der Waals surface area (Å²) >= 11 is 0. The number of aliphatic hydroxyl groups is 1. The zero-order valence-corrected chi connectivity index (χ0v) is 13.7. The first-order chi connectivity index (χ1) is 10.5. The summed E-state index contributed by atoms with van der Waals surface area (Å²) < 4.78 is 0. The Hall–Kier alpha value is -2.08. The van der Waals surface area contributed by atoms with Crippen molar-refractivity contribution in [2.24, 2.45) is 5.73 Å². The van der Waals surface area contributed by atoms with Crippen molar-refractivity contribution in [1.82, 2.24) is 0 Å². The van der Waals surface area contributed by atoms with E-state index in [0.717, 1.165) is 28.8 Å². The predicted octanol–water partition coefficient (Wildman–Crippen LogP) is 0.959. The van der Waals surface area contributed by atoms with Gasteiger partial charge in [0.2, 0.25) is 5.91 Å². The molecule has 1 unspecified atom stereocenters. The molecule has 0 bridgehead atoms. The second-order valence-corrected chi connectivity index (χ2v) is 5.03. The van der Waals surface area contributed by atoms with E-state index < -0.39 is 12.1 Å². The lowest BCUT2D eigenvalue weighted by atomic mass is 10.1. The standard InChI is InChI=1S/C14H19N3O3.C2H6/c1-9-5-10(2)14-11(6-9)16(3-4-18)13(8-19)17(14)7-12(15)20;1-2/h4-6,13,19H,3,7-8H2,1-2H3,(H2,15,20);1-2H3. The molecule has 2 rings (SSSR count). The van der Waals surface area contributed by atoms with E-state index in [1.165, 1.54) is 0 Å². The Bertz CT molecular complexity index is 546. The summed E-state index contributed by atoms with van der Waals surface area (Å²) in [5.41, 5.74) is 9.07. The fraction of sp³-hybridized carbons (Fsp3) is 0.500. The molecule has 3 N–H and O–H groups in total. The number of hydrogen-bond acceptors (Lipinski definition) is 5. The van der Waals surface area contributed by atoms with Crippen LogP contribution in [0.25, 0.3) is 0 Å². The Kier molecular flexibility index (Phi) is 6.37. The number of primary amides is 1. The predicted molar refractivity (Wildman–Crippen MR) is 88.1 cm³/mol. The zero-order valence-electron chi connectivity index (χ0n) is 13.7. The molecule has 0 aliphatic carbocycles. The molecule has 0 aromatic heterocycles. The molecule has 0 saturated carbocycles. The maximum atomic E-state index is 11.3. The van der Waals surface area contributed by atoms with Gasteiger partial charge in [-0.05, 0) is 31.0 Å². The third kappa shape index (κ3) is 3.39. The second-order valence-electron chi connectivity index (χ2n) is 5.03. The van der Waals surface area contributed by atoms with Crippen LogP contribution in [-0.2, 0) is 9.59 Å². The quantitative estimate of drug-likeness (QED) is 0.791. The summed E-state index contributed by atoms with van der Waals surface area (Å²) in [6.45, 7) is 7.90. The largest absolute Gasteiger partial charge is 0.392 e. The van der Waals surface area contributed by atoms with Gasteiger partial charge in [0.15, 0.2) is 0 Å². The van der Waals surface area contributed by atoms with Crippen molar-refractivity contribution in [1.29, 1.82) is 0 Å². The Labute approximate surface area is 131 Å². The lowest BCUT2D eigenvalue weighted by Gasteiger charge is -2.29. The van der Waals surface area contributed by atoms with Gasteiger partial charge < -0.3 is 25.4 Å². The molecule has 0 saturated heterocycles. The van der Waals surface area contributed by atoms with E-state index >= 15 is 0 Å². The maximum Gasteiger partial charge on any atom is 0.237 e. The molecule has 0 fully saturated rings. The van der Waals surface area contributed by atoms with Crippen molar-refractivity contribution in [2.45, 2.75) is 33.9 Å². The third-order valence-electron chi connectivity index (χ3n) is 3.50. The zero-order chi connectivity index (χ0) is 16.9. The van der Waals surface area contributed by atoms with Gasteiger partial charge in [0.25, 0.3) is 0 Å². The molecule has 0 spiro atoms. The van der Waals surface area contributed by atoms with Crippen LogP contribution in [0.4, 0.5) is 11.4 Å². The van der Waals surface area contributed by atoms with Crippen molar-refractivity contribution in [3.05, 3.63) is 23.3 Å². The van der Waals surface area contributed by atoms with Crippen LogP contribution >= 0.6 is 0 Å². The number of nitrogens with two attached hydrogens (primary N) is 1. The second kappa shape index (κ2) is 7.79. The van der Waals surface area contributed by atoms with Crippen molar-refractivity contribution >= 4 is 23.6 Å². The van der Waals surface area contributed by atoms with Crippen molar-refractivity contribution in [3.63, 3.8) is 0 Å². The van der Waals surface area contributed by atoms with Gasteiger partial charge in [-0.2, -0.15) is 0 Å². The first kappa shape index (κ1) is 18.0. The topological polar surface area (TPSA) is 86.9 Å². The normalized spacial score (nSPS) is 16.0. The highest BCUT2D eigenvalue weighted by molar-refractivity contribution is 5.88. The van der Waals surface area contributed by atoms with Gasteiger partial charge in [-0.25, -0.2) is 0 Å². The van der Waals surface area contributed by atoms with Crippen LogP contribution in [0.2, 0.25) is 0 Å². The Morgan fingerprint density at radius 3 is 2.45 bits per heavy atom. The number of carbonyl (C=O) groups excluding carboxylic acids is 2. The molecular weight excluding hydrogens is 282 g/mol. The van der Waals surface area contributed by atoms with Gasteiger partial charge in [0.05, 0.1) is 31.1 Å². The van der Waals surface area contributed by atoms with Gasteiger partial charge in [-0.1, -0.05) is 19.9 Å². The van der Waals surface area contributed by atoms with Crippen LogP contribution in [0.3, 0.4) is 0 Å². The molecule has 1 aliphatic heterocycles. The first-order valence-corrected chi connectivity index (χ1v) is 7.47. The minimum atomic E-state index is -0.470. The number of carbonyl (C=O) groups is 2. The monoisotopic (exact) mass is 307 g/mol. The number of aryl methyl sites for hydroxylation is 2.